The first-order valence-electron chi connectivity index (χ1n) is 12.5. The Hall–Kier alpha value is -3.62. The Morgan fingerprint density at radius 1 is 1.11 bits per heavy atom. The number of nitrogens with one attached hydrogen (secondary N) is 2. The summed E-state index contributed by atoms with van der Waals surface area (Å²) in [6.45, 7) is 3.50. The number of anilines is 1. The van der Waals surface area contributed by atoms with E-state index in [-0.39, 0.29) is 17.9 Å². The summed E-state index contributed by atoms with van der Waals surface area (Å²) < 4.78 is 6.05. The molecule has 0 spiro atoms. The predicted octanol–water partition coefficient (Wildman–Crippen LogP) is 3.08. The van der Waals surface area contributed by atoms with E-state index in [1.165, 1.54) is 0 Å². The maximum Gasteiger partial charge on any atom is 0.253 e. The van der Waals surface area contributed by atoms with Gasteiger partial charge in [-0.2, -0.15) is 0 Å². The van der Waals surface area contributed by atoms with Gasteiger partial charge in [0, 0.05) is 56.3 Å². The third-order valence-electron chi connectivity index (χ3n) is 6.74. The topological polar surface area (TPSA) is 110 Å². The molecule has 37 heavy (non-hydrogen) atoms. The number of amides is 2. The van der Waals surface area contributed by atoms with Crippen molar-refractivity contribution in [1.82, 2.24) is 20.5 Å². The lowest BCUT2D eigenvalue weighted by atomic mass is 9.99. The molecule has 5 rings (SSSR count). The van der Waals surface area contributed by atoms with Gasteiger partial charge in [-0.3, -0.25) is 9.59 Å². The fourth-order valence-electron chi connectivity index (χ4n) is 4.68. The fraction of sp³-hybridized carbons (Fsp3) is 0.321. The third-order valence-corrected chi connectivity index (χ3v) is 7.02. The van der Waals surface area contributed by atoms with E-state index in [1.807, 2.05) is 41.3 Å². The Kier molecular flexibility index (Phi) is 7.58. The number of fused-ring (bicyclic) bond motifs is 1. The number of nitrogen functional groups attached to an aromatic ring is 1. The van der Waals surface area contributed by atoms with Crippen LogP contribution < -0.4 is 21.1 Å². The number of piperazine rings is 1. The molecule has 1 aromatic heterocycles. The van der Waals surface area contributed by atoms with Gasteiger partial charge in [0.25, 0.3) is 5.91 Å². The second kappa shape index (κ2) is 11.2. The van der Waals surface area contributed by atoms with Crippen molar-refractivity contribution < 1.29 is 14.3 Å². The van der Waals surface area contributed by atoms with Gasteiger partial charge in [-0.05, 0) is 53.4 Å². The number of halogens is 1. The molecule has 3 aromatic rings. The van der Waals surface area contributed by atoms with Crippen LogP contribution in [-0.2, 0) is 17.6 Å². The number of benzene rings is 2. The number of carbonyl (C=O) groups is 2. The second-order valence-electron chi connectivity index (χ2n) is 9.41. The minimum Gasteiger partial charge on any atom is -0.486 e. The Balaban J connectivity index is 1.17. The average molecular weight is 520 g/mol. The zero-order valence-electron chi connectivity index (χ0n) is 20.5. The number of carbonyl (C=O) groups excluding carboxylic acids is 2. The number of hydrogen-bond donors (Lipinski definition) is 3. The normalized spacial score (nSPS) is 16.7. The highest BCUT2D eigenvalue weighted by Gasteiger charge is 2.26. The van der Waals surface area contributed by atoms with Crippen LogP contribution in [0.4, 0.5) is 5.82 Å². The van der Waals surface area contributed by atoms with Gasteiger partial charge in [0.15, 0.2) is 0 Å². The molecular weight excluding hydrogens is 490 g/mol. The molecule has 0 aliphatic carbocycles. The second-order valence-corrected chi connectivity index (χ2v) is 9.81. The molecule has 2 amide bonds. The monoisotopic (exact) mass is 519 g/mol. The molecule has 8 nitrogen and oxygen atoms in total. The van der Waals surface area contributed by atoms with Crippen LogP contribution in [0.1, 0.15) is 27.9 Å². The Bertz CT molecular complexity index is 1270. The van der Waals surface area contributed by atoms with Gasteiger partial charge >= 0.3 is 0 Å². The van der Waals surface area contributed by atoms with Gasteiger partial charge < -0.3 is 26.0 Å². The molecule has 0 bridgehead atoms. The van der Waals surface area contributed by atoms with E-state index in [0.717, 1.165) is 48.4 Å². The minimum atomic E-state index is -0.177. The summed E-state index contributed by atoms with van der Waals surface area (Å²) in [5.41, 5.74) is 10.2. The van der Waals surface area contributed by atoms with E-state index >= 15 is 0 Å². The first-order valence-corrected chi connectivity index (χ1v) is 12.9. The molecule has 9 heteroatoms. The fourth-order valence-corrected chi connectivity index (χ4v) is 4.97. The van der Waals surface area contributed by atoms with Crippen molar-refractivity contribution in [3.05, 3.63) is 76.4 Å². The molecular formula is C28H30ClN5O3. The molecule has 192 valence electrons. The molecule has 4 N–H and O–H groups in total. The van der Waals surface area contributed by atoms with Gasteiger partial charge in [-0.15, -0.1) is 0 Å². The van der Waals surface area contributed by atoms with Crippen LogP contribution in [0.25, 0.3) is 11.1 Å². The van der Waals surface area contributed by atoms with Gasteiger partial charge in [0.2, 0.25) is 5.91 Å². The summed E-state index contributed by atoms with van der Waals surface area (Å²) in [5.74, 6) is 1.15. The lowest BCUT2D eigenvalue weighted by Crippen LogP contribution is -2.46. The number of nitrogens with two attached hydrogens (primary N) is 1. The van der Waals surface area contributed by atoms with Crippen LogP contribution in [0.5, 0.6) is 5.75 Å². The Morgan fingerprint density at radius 3 is 2.62 bits per heavy atom. The van der Waals surface area contributed by atoms with E-state index in [2.05, 4.69) is 21.7 Å². The smallest absolute Gasteiger partial charge is 0.253 e. The molecule has 1 fully saturated rings. The molecule has 2 aliphatic heterocycles. The zero-order valence-corrected chi connectivity index (χ0v) is 21.3. The molecule has 2 aliphatic rings. The van der Waals surface area contributed by atoms with Crippen molar-refractivity contribution in [3.8, 4) is 16.9 Å². The summed E-state index contributed by atoms with van der Waals surface area (Å²) >= 11 is 6.57. The van der Waals surface area contributed by atoms with Gasteiger partial charge in [-0.1, -0.05) is 29.8 Å². The van der Waals surface area contributed by atoms with Crippen LogP contribution in [0.2, 0.25) is 5.02 Å². The highest BCUT2D eigenvalue weighted by atomic mass is 35.5. The number of nitrogens with zero attached hydrogens (tertiary/aromatic N) is 2. The lowest BCUT2D eigenvalue weighted by molar-refractivity contribution is -0.121. The maximum atomic E-state index is 12.7. The van der Waals surface area contributed by atoms with Gasteiger partial charge in [0.05, 0.1) is 11.6 Å². The molecule has 2 aromatic carbocycles. The molecule has 0 radical (unpaired) electrons. The first-order chi connectivity index (χ1) is 18.0. The van der Waals surface area contributed by atoms with E-state index in [4.69, 9.17) is 22.1 Å². The van der Waals surface area contributed by atoms with Crippen molar-refractivity contribution in [2.45, 2.75) is 25.4 Å². The highest BCUT2D eigenvalue weighted by molar-refractivity contribution is 6.32. The van der Waals surface area contributed by atoms with Gasteiger partial charge in [-0.25, -0.2) is 4.98 Å². The van der Waals surface area contributed by atoms with Gasteiger partial charge in [0.1, 0.15) is 17.7 Å². The van der Waals surface area contributed by atoms with Crippen molar-refractivity contribution in [2.24, 2.45) is 0 Å². The standard InChI is InChI=1S/C28H30ClN5O3/c29-24-15-21(19-3-5-20(6-4-19)28(36)34-11-9-31-10-12-34)13-22-14-23(37-27(22)24)17-33-26(35)8-2-18-1-7-25(30)32-16-18/h1,3-7,13,15-16,23,31H,2,8-12,14,17H2,(H2,30,32)(H,33,35). The highest BCUT2D eigenvalue weighted by Crippen LogP contribution is 2.39. The summed E-state index contributed by atoms with van der Waals surface area (Å²) in [5, 5.41) is 6.76. The Labute approximate surface area is 221 Å². The van der Waals surface area contributed by atoms with Crippen LogP contribution in [-0.4, -0.2) is 60.5 Å². The van der Waals surface area contributed by atoms with Crippen LogP contribution in [0.3, 0.4) is 0 Å². The summed E-state index contributed by atoms with van der Waals surface area (Å²) in [4.78, 5) is 31.0. The predicted molar refractivity (Wildman–Crippen MR) is 144 cm³/mol. The van der Waals surface area contributed by atoms with Crippen LogP contribution in [0, 0.1) is 0 Å². The minimum absolute atomic E-state index is 0.0429. The summed E-state index contributed by atoms with van der Waals surface area (Å²) in [6.07, 6.45) is 3.13. The summed E-state index contributed by atoms with van der Waals surface area (Å²) in [7, 11) is 0. The molecule has 1 unspecified atom stereocenters. The molecule has 3 heterocycles. The number of rotatable bonds is 7. The average Bonchev–Trinajstić information content (AvgIpc) is 3.35. The van der Waals surface area contributed by atoms with Crippen LogP contribution in [0.15, 0.2) is 54.7 Å². The number of aromatic nitrogens is 1. The number of hydrogen-bond acceptors (Lipinski definition) is 6. The Morgan fingerprint density at radius 2 is 1.89 bits per heavy atom. The van der Waals surface area contributed by atoms with Crippen molar-refractivity contribution in [2.75, 3.05) is 38.5 Å². The molecule has 1 saturated heterocycles. The van der Waals surface area contributed by atoms with Crippen molar-refractivity contribution in [1.29, 1.82) is 0 Å². The van der Waals surface area contributed by atoms with E-state index in [0.29, 0.717) is 48.0 Å². The van der Waals surface area contributed by atoms with Crippen molar-refractivity contribution in [3.63, 3.8) is 0 Å². The number of aryl methyl sites for hydroxylation is 1. The van der Waals surface area contributed by atoms with E-state index in [1.54, 1.807) is 12.3 Å². The quantitative estimate of drug-likeness (QED) is 0.442. The number of pyridine rings is 1. The zero-order chi connectivity index (χ0) is 25.8. The number of ether oxygens (including phenoxy) is 1. The van der Waals surface area contributed by atoms with Crippen LogP contribution >= 0.6 is 11.6 Å². The largest absolute Gasteiger partial charge is 0.486 e. The third kappa shape index (κ3) is 6.03. The van der Waals surface area contributed by atoms with E-state index in [9.17, 15) is 9.59 Å². The molecule has 1 atom stereocenters. The molecule has 0 saturated carbocycles. The SMILES string of the molecule is Nc1ccc(CCC(=O)NCC2Cc3cc(-c4ccc(C(=O)N5CCNCC5)cc4)cc(Cl)c3O2)cn1. The maximum absolute atomic E-state index is 12.7. The first kappa shape index (κ1) is 25.0. The summed E-state index contributed by atoms with van der Waals surface area (Å²) in [6, 6.07) is 15.2. The van der Waals surface area contributed by atoms with E-state index < -0.39 is 0 Å². The lowest BCUT2D eigenvalue weighted by Gasteiger charge is -2.27. The van der Waals surface area contributed by atoms with Crippen molar-refractivity contribution >= 4 is 29.2 Å².